The van der Waals surface area contributed by atoms with Gasteiger partial charge in [-0.1, -0.05) is 0 Å². The van der Waals surface area contributed by atoms with Crippen LogP contribution < -0.4 is 16.2 Å². The Morgan fingerprint density at radius 1 is 1.15 bits per heavy atom. The number of benzene rings is 1. The minimum atomic E-state index is -4.43. The Balaban J connectivity index is 1.46. The van der Waals surface area contributed by atoms with Gasteiger partial charge in [-0.2, -0.15) is 17.5 Å². The van der Waals surface area contributed by atoms with Gasteiger partial charge in [0.25, 0.3) is 5.56 Å². The molecular formula is C21H24F3N5O3S. The second kappa shape index (κ2) is 8.82. The van der Waals surface area contributed by atoms with Crippen molar-refractivity contribution in [2.75, 3.05) is 30.3 Å². The van der Waals surface area contributed by atoms with Gasteiger partial charge in [0.2, 0.25) is 10.0 Å². The number of hydrogen-bond donors (Lipinski definition) is 4. The number of alkyl halides is 3. The van der Waals surface area contributed by atoms with Gasteiger partial charge in [-0.05, 0) is 55.5 Å². The fraction of sp³-hybridized carbons (Fsp3) is 0.429. The zero-order chi connectivity index (χ0) is 23.8. The van der Waals surface area contributed by atoms with E-state index in [9.17, 15) is 26.4 Å². The Hall–Kier alpha value is -2.86. The molecule has 33 heavy (non-hydrogen) atoms. The number of nitrogens with one attached hydrogen (secondary N) is 4. The zero-order valence-corrected chi connectivity index (χ0v) is 18.4. The smallest absolute Gasteiger partial charge is 0.384 e. The number of amidine groups is 1. The maximum Gasteiger partial charge on any atom is 0.393 e. The first-order valence-electron chi connectivity index (χ1n) is 10.5. The Morgan fingerprint density at radius 2 is 1.85 bits per heavy atom. The largest absolute Gasteiger partial charge is 0.393 e. The Kier molecular flexibility index (Phi) is 6.23. The molecule has 0 spiro atoms. The Labute approximate surface area is 188 Å². The molecule has 12 heteroatoms. The number of anilines is 2. The predicted octanol–water partition coefficient (Wildman–Crippen LogP) is 3.21. The summed E-state index contributed by atoms with van der Waals surface area (Å²) in [4.78, 5) is 14.7. The van der Waals surface area contributed by atoms with Gasteiger partial charge >= 0.3 is 6.18 Å². The van der Waals surface area contributed by atoms with Crippen LogP contribution in [0.2, 0.25) is 0 Å². The van der Waals surface area contributed by atoms with E-state index in [1.165, 1.54) is 30.5 Å². The number of sulfonamides is 1. The van der Waals surface area contributed by atoms with Gasteiger partial charge in [0, 0.05) is 31.5 Å². The van der Waals surface area contributed by atoms with Crippen LogP contribution in [-0.4, -0.2) is 49.4 Å². The molecule has 1 aromatic carbocycles. The molecule has 2 heterocycles. The molecule has 1 saturated carbocycles. The molecule has 4 N–H and O–H groups in total. The van der Waals surface area contributed by atoms with E-state index in [2.05, 4.69) is 15.6 Å². The van der Waals surface area contributed by atoms with Gasteiger partial charge in [0.1, 0.15) is 11.4 Å². The highest BCUT2D eigenvalue weighted by Gasteiger charge is 2.46. The van der Waals surface area contributed by atoms with E-state index in [0.717, 1.165) is 17.1 Å². The number of hydrogen-bond acceptors (Lipinski definition) is 5. The van der Waals surface area contributed by atoms with Crippen molar-refractivity contribution in [3.8, 4) is 0 Å². The van der Waals surface area contributed by atoms with Crippen LogP contribution in [0.4, 0.5) is 24.5 Å². The van der Waals surface area contributed by atoms with Crippen molar-refractivity contribution in [1.29, 1.82) is 5.41 Å². The van der Waals surface area contributed by atoms with Gasteiger partial charge < -0.3 is 15.6 Å². The lowest BCUT2D eigenvalue weighted by Crippen LogP contribution is -2.32. The quantitative estimate of drug-likeness (QED) is 0.356. The lowest BCUT2D eigenvalue weighted by atomic mass is 10.1. The van der Waals surface area contributed by atoms with Crippen LogP contribution in [0, 0.1) is 17.2 Å². The fourth-order valence-corrected chi connectivity index (χ4v) is 5.23. The number of H-pyrrole nitrogens is 1. The summed E-state index contributed by atoms with van der Waals surface area (Å²) in [5.74, 6) is -1.27. The predicted molar refractivity (Wildman–Crippen MR) is 118 cm³/mol. The molecule has 2 aromatic rings. The highest BCUT2D eigenvalue weighted by atomic mass is 32.2. The van der Waals surface area contributed by atoms with Gasteiger partial charge in [0.15, 0.2) is 0 Å². The molecule has 178 valence electrons. The van der Waals surface area contributed by atoms with Crippen LogP contribution in [0.3, 0.4) is 0 Å². The summed E-state index contributed by atoms with van der Waals surface area (Å²) in [5.41, 5.74) is 0.575. The monoisotopic (exact) mass is 483 g/mol. The number of pyridine rings is 1. The first-order valence-corrected chi connectivity index (χ1v) is 12.0. The molecule has 2 fully saturated rings. The lowest BCUT2D eigenvalue weighted by molar-refractivity contribution is -0.169. The second-order valence-electron chi connectivity index (χ2n) is 8.33. The third kappa shape index (κ3) is 5.22. The lowest BCUT2D eigenvalue weighted by Gasteiger charge is -2.18. The molecule has 0 amide bonds. The van der Waals surface area contributed by atoms with Crippen molar-refractivity contribution < 1.29 is 21.6 Å². The molecule has 1 atom stereocenters. The molecule has 1 unspecified atom stereocenters. The molecule has 4 rings (SSSR count). The summed E-state index contributed by atoms with van der Waals surface area (Å²) in [6, 6.07) is 7.04. The molecular weight excluding hydrogens is 459 g/mol. The van der Waals surface area contributed by atoms with Crippen molar-refractivity contribution in [3.63, 3.8) is 0 Å². The minimum Gasteiger partial charge on any atom is -0.384 e. The first kappa shape index (κ1) is 23.3. The molecule has 1 aliphatic carbocycles. The average molecular weight is 484 g/mol. The third-order valence-corrected chi connectivity index (χ3v) is 7.74. The van der Waals surface area contributed by atoms with Crippen molar-refractivity contribution in [1.82, 2.24) is 9.29 Å². The highest BCUT2D eigenvalue weighted by molar-refractivity contribution is 7.89. The highest BCUT2D eigenvalue weighted by Crippen LogP contribution is 2.35. The molecule has 1 aliphatic heterocycles. The van der Waals surface area contributed by atoms with Crippen LogP contribution in [0.5, 0.6) is 0 Å². The van der Waals surface area contributed by atoms with E-state index in [0.29, 0.717) is 23.8 Å². The van der Waals surface area contributed by atoms with Crippen molar-refractivity contribution in [2.24, 2.45) is 11.8 Å². The molecule has 1 saturated heterocycles. The van der Waals surface area contributed by atoms with Crippen LogP contribution in [0.25, 0.3) is 0 Å². The van der Waals surface area contributed by atoms with E-state index in [4.69, 9.17) is 5.41 Å². The number of halogens is 3. The van der Waals surface area contributed by atoms with Crippen LogP contribution >= 0.6 is 0 Å². The minimum absolute atomic E-state index is 0.130. The van der Waals surface area contributed by atoms with Crippen molar-refractivity contribution in [3.05, 3.63) is 52.4 Å². The summed E-state index contributed by atoms with van der Waals surface area (Å²) in [5, 5.41) is 14.3. The molecule has 1 aromatic heterocycles. The van der Waals surface area contributed by atoms with Gasteiger partial charge in [-0.3, -0.25) is 10.2 Å². The summed E-state index contributed by atoms with van der Waals surface area (Å²) in [6.07, 6.45) is -0.937. The average Bonchev–Trinajstić information content (AvgIpc) is 3.43. The van der Waals surface area contributed by atoms with E-state index in [1.54, 1.807) is 6.07 Å². The zero-order valence-electron chi connectivity index (χ0n) is 17.6. The normalized spacial score (nSPS) is 19.4. The van der Waals surface area contributed by atoms with Gasteiger partial charge in [-0.25, -0.2) is 8.42 Å². The fourth-order valence-electron chi connectivity index (χ4n) is 3.73. The van der Waals surface area contributed by atoms with E-state index in [1.807, 2.05) is 0 Å². The Morgan fingerprint density at radius 3 is 2.45 bits per heavy atom. The van der Waals surface area contributed by atoms with Crippen LogP contribution in [0.1, 0.15) is 24.8 Å². The standard InChI is InChI=1S/C21H24F3N5O3S/c22-21(23,24)14-8-10-29(12-14)33(31,32)16-5-3-15(4-6-16)28-19(25)18-17(7-9-26-20(18)30)27-11-13-1-2-13/h3-7,9,13-14H,1-2,8,10-12H2,(H2,25,28)(H2,26,27,30). The summed E-state index contributed by atoms with van der Waals surface area (Å²) in [7, 11) is -4.07. The van der Waals surface area contributed by atoms with Crippen molar-refractivity contribution >= 4 is 27.2 Å². The SMILES string of the molecule is N=C(Nc1ccc(S(=O)(=O)N2CCC(C(F)(F)F)C2)cc1)c1c(NCC2CC2)cc[nH]c1=O. The maximum atomic E-state index is 12.9. The molecule has 8 nitrogen and oxygen atoms in total. The molecule has 0 radical (unpaired) electrons. The van der Waals surface area contributed by atoms with Crippen molar-refractivity contribution in [2.45, 2.75) is 30.3 Å². The van der Waals surface area contributed by atoms with Crippen LogP contribution in [0.15, 0.2) is 46.2 Å². The first-order chi connectivity index (χ1) is 15.6. The molecule has 0 bridgehead atoms. The number of aromatic amines is 1. The second-order valence-corrected chi connectivity index (χ2v) is 10.3. The number of nitrogens with zero attached hydrogens (tertiary/aromatic N) is 1. The molecule has 2 aliphatic rings. The van der Waals surface area contributed by atoms with E-state index < -0.39 is 34.2 Å². The Bertz CT molecular complexity index is 1190. The number of rotatable bonds is 7. The topological polar surface area (TPSA) is 118 Å². The summed E-state index contributed by atoms with van der Waals surface area (Å²) in [6.45, 7) is -0.0730. The van der Waals surface area contributed by atoms with E-state index in [-0.39, 0.29) is 29.3 Å². The summed E-state index contributed by atoms with van der Waals surface area (Å²) >= 11 is 0. The summed E-state index contributed by atoms with van der Waals surface area (Å²) < 4.78 is 65.0. The maximum absolute atomic E-state index is 12.9. The van der Waals surface area contributed by atoms with E-state index >= 15 is 0 Å². The van der Waals surface area contributed by atoms with Crippen LogP contribution in [-0.2, 0) is 10.0 Å². The van der Waals surface area contributed by atoms with Gasteiger partial charge in [-0.15, -0.1) is 0 Å². The number of aromatic nitrogens is 1. The van der Waals surface area contributed by atoms with Gasteiger partial charge in [0.05, 0.1) is 16.5 Å². The third-order valence-electron chi connectivity index (χ3n) is 5.86.